The number of methoxy groups -OCH3 is 1. The summed E-state index contributed by atoms with van der Waals surface area (Å²) < 4.78 is 24.4. The van der Waals surface area contributed by atoms with Crippen molar-refractivity contribution in [2.75, 3.05) is 20.3 Å². The van der Waals surface area contributed by atoms with Gasteiger partial charge in [-0.15, -0.1) is 0 Å². The Morgan fingerprint density at radius 3 is 2.68 bits per heavy atom. The molecule has 1 N–H and O–H groups in total. The number of hydrogen-bond acceptors (Lipinski definition) is 4. The van der Waals surface area contributed by atoms with Crippen LogP contribution in [0.5, 0.6) is 0 Å². The number of amides is 1. The highest BCUT2D eigenvalue weighted by molar-refractivity contribution is 5.91. The lowest BCUT2D eigenvalue weighted by atomic mass is 10.1. The van der Waals surface area contributed by atoms with Crippen LogP contribution in [0.4, 0.5) is 4.39 Å². The Hall–Kier alpha value is -2.18. The van der Waals surface area contributed by atoms with Crippen molar-refractivity contribution in [2.45, 2.75) is 33.0 Å². The van der Waals surface area contributed by atoms with E-state index in [2.05, 4.69) is 10.2 Å². The predicted octanol–water partition coefficient (Wildman–Crippen LogP) is 3.21. The molecule has 0 aliphatic carbocycles. The van der Waals surface area contributed by atoms with Gasteiger partial charge in [-0.25, -0.2) is 4.39 Å². The highest BCUT2D eigenvalue weighted by Crippen LogP contribution is 2.17. The van der Waals surface area contributed by atoms with Gasteiger partial charge in [0.15, 0.2) is 5.76 Å². The zero-order chi connectivity index (χ0) is 18.2. The van der Waals surface area contributed by atoms with Crippen LogP contribution in [0.2, 0.25) is 0 Å². The summed E-state index contributed by atoms with van der Waals surface area (Å²) in [6.45, 7) is 5.93. The van der Waals surface area contributed by atoms with Crippen LogP contribution in [0.15, 0.2) is 40.8 Å². The molecule has 0 unspecified atom stereocenters. The van der Waals surface area contributed by atoms with Gasteiger partial charge in [-0.2, -0.15) is 0 Å². The van der Waals surface area contributed by atoms with Crippen molar-refractivity contribution < 1.29 is 18.3 Å². The van der Waals surface area contributed by atoms with E-state index in [0.29, 0.717) is 37.6 Å². The van der Waals surface area contributed by atoms with Crippen LogP contribution in [0.25, 0.3) is 0 Å². The molecule has 1 aromatic heterocycles. The average Bonchev–Trinajstić information content (AvgIpc) is 3.05. The van der Waals surface area contributed by atoms with Crippen LogP contribution in [-0.2, 0) is 17.8 Å². The Morgan fingerprint density at radius 2 is 2.00 bits per heavy atom. The minimum absolute atomic E-state index is 0.198. The van der Waals surface area contributed by atoms with Crippen LogP contribution in [0.3, 0.4) is 0 Å². The molecule has 0 bridgehead atoms. The van der Waals surface area contributed by atoms with E-state index in [-0.39, 0.29) is 23.5 Å². The number of carbonyl (C=O) groups is 1. The summed E-state index contributed by atoms with van der Waals surface area (Å²) in [6, 6.07) is 10.4. The van der Waals surface area contributed by atoms with Crippen molar-refractivity contribution in [1.29, 1.82) is 0 Å². The molecule has 0 aliphatic heterocycles. The summed E-state index contributed by atoms with van der Waals surface area (Å²) in [7, 11) is 1.58. The van der Waals surface area contributed by atoms with Gasteiger partial charge in [0.2, 0.25) is 0 Å². The molecule has 1 heterocycles. The zero-order valence-corrected chi connectivity index (χ0v) is 14.9. The van der Waals surface area contributed by atoms with Crippen molar-refractivity contribution in [3.05, 3.63) is 59.3 Å². The Labute approximate surface area is 147 Å². The molecule has 0 saturated carbocycles. The van der Waals surface area contributed by atoms with Crippen LogP contribution >= 0.6 is 0 Å². The fourth-order valence-corrected chi connectivity index (χ4v) is 2.41. The SMILES string of the molecule is COCCNC(=O)c1ccc(CN(Cc2ccccc2F)C(C)C)o1. The topological polar surface area (TPSA) is 54.7 Å². The first-order valence-corrected chi connectivity index (χ1v) is 8.34. The third kappa shape index (κ3) is 5.69. The van der Waals surface area contributed by atoms with Gasteiger partial charge in [0.05, 0.1) is 13.2 Å². The highest BCUT2D eigenvalue weighted by atomic mass is 19.1. The van der Waals surface area contributed by atoms with E-state index in [0.717, 1.165) is 0 Å². The Balaban J connectivity index is 2.00. The molecule has 2 rings (SSSR count). The van der Waals surface area contributed by atoms with Crippen molar-refractivity contribution in [3.63, 3.8) is 0 Å². The van der Waals surface area contributed by atoms with E-state index in [9.17, 15) is 9.18 Å². The fourth-order valence-electron chi connectivity index (χ4n) is 2.41. The first kappa shape index (κ1) is 19.1. The molecule has 0 saturated heterocycles. The summed E-state index contributed by atoms with van der Waals surface area (Å²) in [4.78, 5) is 14.1. The lowest BCUT2D eigenvalue weighted by Gasteiger charge is -2.25. The monoisotopic (exact) mass is 348 g/mol. The van der Waals surface area contributed by atoms with E-state index in [1.165, 1.54) is 6.07 Å². The van der Waals surface area contributed by atoms with E-state index in [1.54, 1.807) is 31.4 Å². The first-order chi connectivity index (χ1) is 12.0. The van der Waals surface area contributed by atoms with Gasteiger partial charge < -0.3 is 14.5 Å². The highest BCUT2D eigenvalue weighted by Gasteiger charge is 2.17. The van der Waals surface area contributed by atoms with Gasteiger partial charge in [0, 0.05) is 31.8 Å². The van der Waals surface area contributed by atoms with Gasteiger partial charge in [0.1, 0.15) is 11.6 Å². The molecule has 5 nitrogen and oxygen atoms in total. The van der Waals surface area contributed by atoms with Crippen molar-refractivity contribution in [3.8, 4) is 0 Å². The largest absolute Gasteiger partial charge is 0.455 e. The number of nitrogens with one attached hydrogen (secondary N) is 1. The molecule has 1 amide bonds. The predicted molar refractivity (Wildman–Crippen MR) is 93.7 cm³/mol. The smallest absolute Gasteiger partial charge is 0.287 e. The third-order valence-corrected chi connectivity index (χ3v) is 3.90. The minimum atomic E-state index is -0.270. The van der Waals surface area contributed by atoms with E-state index in [1.807, 2.05) is 19.9 Å². The molecule has 25 heavy (non-hydrogen) atoms. The van der Waals surface area contributed by atoms with Gasteiger partial charge in [0.25, 0.3) is 5.91 Å². The number of carbonyl (C=O) groups excluding carboxylic acids is 1. The Morgan fingerprint density at radius 1 is 1.24 bits per heavy atom. The van der Waals surface area contributed by atoms with E-state index >= 15 is 0 Å². The first-order valence-electron chi connectivity index (χ1n) is 8.34. The molecule has 2 aromatic rings. The number of nitrogens with zero attached hydrogens (tertiary/aromatic N) is 1. The third-order valence-electron chi connectivity index (χ3n) is 3.90. The van der Waals surface area contributed by atoms with Gasteiger partial charge >= 0.3 is 0 Å². The molecule has 0 aliphatic rings. The van der Waals surface area contributed by atoms with Gasteiger partial charge in [-0.1, -0.05) is 18.2 Å². The lowest BCUT2D eigenvalue weighted by Crippen LogP contribution is -2.30. The molecule has 0 fully saturated rings. The maximum Gasteiger partial charge on any atom is 0.287 e. The lowest BCUT2D eigenvalue weighted by molar-refractivity contribution is 0.0904. The molecule has 136 valence electrons. The number of ether oxygens (including phenoxy) is 1. The normalized spacial score (nSPS) is 11.3. The summed E-state index contributed by atoms with van der Waals surface area (Å²) in [6.07, 6.45) is 0. The molecular weight excluding hydrogens is 323 g/mol. The van der Waals surface area contributed by atoms with Crippen molar-refractivity contribution in [1.82, 2.24) is 10.2 Å². The number of benzene rings is 1. The number of furan rings is 1. The molecule has 0 spiro atoms. The van der Waals surface area contributed by atoms with Crippen molar-refractivity contribution >= 4 is 5.91 Å². The standard InChI is InChI=1S/C19H25FN2O3/c1-14(2)22(12-15-6-4-5-7-17(15)20)13-16-8-9-18(25-16)19(23)21-10-11-24-3/h4-9,14H,10-13H2,1-3H3,(H,21,23). The molecule has 6 heteroatoms. The van der Waals surface area contributed by atoms with Gasteiger partial charge in [-0.05, 0) is 32.0 Å². The summed E-state index contributed by atoms with van der Waals surface area (Å²) >= 11 is 0. The van der Waals surface area contributed by atoms with Gasteiger partial charge in [-0.3, -0.25) is 9.69 Å². The van der Waals surface area contributed by atoms with Crippen LogP contribution in [-0.4, -0.2) is 37.1 Å². The summed E-state index contributed by atoms with van der Waals surface area (Å²) in [5.41, 5.74) is 0.639. The summed E-state index contributed by atoms with van der Waals surface area (Å²) in [5.74, 6) is 0.446. The van der Waals surface area contributed by atoms with E-state index < -0.39 is 0 Å². The molecule has 0 atom stereocenters. The van der Waals surface area contributed by atoms with Crippen molar-refractivity contribution in [2.24, 2.45) is 0 Å². The Bertz CT molecular complexity index is 685. The number of halogens is 1. The zero-order valence-electron chi connectivity index (χ0n) is 14.9. The molecule has 0 radical (unpaired) electrons. The number of hydrogen-bond donors (Lipinski definition) is 1. The maximum absolute atomic E-state index is 13.9. The van der Waals surface area contributed by atoms with Crippen LogP contribution < -0.4 is 5.32 Å². The Kier molecular flexibility index (Phi) is 7.16. The van der Waals surface area contributed by atoms with Crippen LogP contribution in [0, 0.1) is 5.82 Å². The second-order valence-corrected chi connectivity index (χ2v) is 6.10. The fraction of sp³-hybridized carbons (Fsp3) is 0.421. The quantitative estimate of drug-likeness (QED) is 0.707. The summed E-state index contributed by atoms with van der Waals surface area (Å²) in [5, 5.41) is 2.72. The second kappa shape index (κ2) is 9.34. The minimum Gasteiger partial charge on any atom is -0.455 e. The average molecular weight is 348 g/mol. The molecule has 1 aromatic carbocycles. The number of rotatable bonds is 9. The maximum atomic E-state index is 13.9. The van der Waals surface area contributed by atoms with Crippen LogP contribution in [0.1, 0.15) is 35.7 Å². The second-order valence-electron chi connectivity index (χ2n) is 6.10. The van der Waals surface area contributed by atoms with E-state index in [4.69, 9.17) is 9.15 Å². The molecular formula is C19H25FN2O3.